The lowest BCUT2D eigenvalue weighted by Crippen LogP contribution is -2.30. The van der Waals surface area contributed by atoms with Gasteiger partial charge in [-0.2, -0.15) is 0 Å². The molecule has 1 aromatic heterocycles. The molecule has 1 aromatic rings. The summed E-state index contributed by atoms with van der Waals surface area (Å²) in [7, 11) is 0. The van der Waals surface area contributed by atoms with Crippen molar-refractivity contribution >= 4 is 29.5 Å². The van der Waals surface area contributed by atoms with Crippen molar-refractivity contribution in [1.29, 1.82) is 0 Å². The van der Waals surface area contributed by atoms with Crippen LogP contribution in [0.2, 0.25) is 0 Å². The minimum absolute atomic E-state index is 0.152. The van der Waals surface area contributed by atoms with E-state index in [9.17, 15) is 14.4 Å². The second kappa shape index (κ2) is 6.90. The number of hydrogen-bond donors (Lipinski definition) is 2. The predicted octanol–water partition coefficient (Wildman–Crippen LogP) is 0.0781. The van der Waals surface area contributed by atoms with Crippen LogP contribution in [-0.4, -0.2) is 34.1 Å². The molecule has 0 aliphatic carbocycles. The number of amides is 2. The fraction of sp³-hybridized carbons (Fsp3) is 0.333. The average Bonchev–Trinajstić information content (AvgIpc) is 2.38. The Kier molecular flexibility index (Phi) is 5.51. The molecule has 0 aliphatic rings. The highest BCUT2D eigenvalue weighted by Crippen LogP contribution is 2.25. The molecule has 108 valence electrons. The maximum atomic E-state index is 11.9. The molecule has 0 radical (unpaired) electrons. The summed E-state index contributed by atoms with van der Waals surface area (Å²) in [6.07, 6.45) is 0.429. The molecule has 2 atom stereocenters. The van der Waals surface area contributed by atoms with E-state index in [-0.39, 0.29) is 5.56 Å². The summed E-state index contributed by atoms with van der Waals surface area (Å²) in [5, 5.41) is -0.245. The first-order valence-corrected chi connectivity index (χ1v) is 6.62. The first-order valence-electron chi connectivity index (χ1n) is 5.74. The SMILES string of the molecule is C[C@H](OC(=O)c1cccnc1S[C@@H](C)C(N)=O)C(N)=O. The molecule has 0 aliphatic heterocycles. The number of esters is 1. The van der Waals surface area contributed by atoms with Crippen molar-refractivity contribution in [2.75, 3.05) is 0 Å². The van der Waals surface area contributed by atoms with Crippen molar-refractivity contribution in [2.45, 2.75) is 30.2 Å². The lowest BCUT2D eigenvalue weighted by atomic mass is 10.3. The normalized spacial score (nSPS) is 13.3. The van der Waals surface area contributed by atoms with E-state index in [1.54, 1.807) is 13.0 Å². The van der Waals surface area contributed by atoms with E-state index < -0.39 is 29.1 Å². The lowest BCUT2D eigenvalue weighted by Gasteiger charge is -2.12. The third-order valence-corrected chi connectivity index (χ3v) is 3.50. The number of ether oxygens (including phenoxy) is 1. The molecule has 0 saturated heterocycles. The minimum atomic E-state index is -1.05. The van der Waals surface area contributed by atoms with E-state index in [0.29, 0.717) is 5.03 Å². The Bertz CT molecular complexity index is 535. The van der Waals surface area contributed by atoms with Gasteiger partial charge in [-0.1, -0.05) is 11.8 Å². The Morgan fingerprint density at radius 3 is 2.45 bits per heavy atom. The topological polar surface area (TPSA) is 125 Å². The number of thioether (sulfide) groups is 1. The maximum absolute atomic E-state index is 11.9. The third-order valence-electron chi connectivity index (χ3n) is 2.36. The summed E-state index contributed by atoms with van der Waals surface area (Å²) in [6.45, 7) is 2.97. The second-order valence-electron chi connectivity index (χ2n) is 3.97. The molecule has 2 amide bonds. The van der Waals surface area contributed by atoms with Gasteiger partial charge in [0.05, 0.1) is 10.8 Å². The van der Waals surface area contributed by atoms with Gasteiger partial charge in [-0.3, -0.25) is 9.59 Å². The van der Waals surface area contributed by atoms with Crippen molar-refractivity contribution in [3.8, 4) is 0 Å². The third kappa shape index (κ3) is 4.23. The highest BCUT2D eigenvalue weighted by atomic mass is 32.2. The number of aromatic nitrogens is 1. The van der Waals surface area contributed by atoms with Crippen molar-refractivity contribution in [3.63, 3.8) is 0 Å². The van der Waals surface area contributed by atoms with Gasteiger partial charge in [0.2, 0.25) is 5.91 Å². The fourth-order valence-electron chi connectivity index (χ4n) is 1.15. The second-order valence-corrected chi connectivity index (χ2v) is 5.30. The smallest absolute Gasteiger partial charge is 0.341 e. The van der Waals surface area contributed by atoms with Crippen LogP contribution in [0, 0.1) is 0 Å². The van der Waals surface area contributed by atoms with Gasteiger partial charge in [-0.25, -0.2) is 9.78 Å². The molecule has 0 fully saturated rings. The Morgan fingerprint density at radius 2 is 1.90 bits per heavy atom. The summed E-state index contributed by atoms with van der Waals surface area (Å²) >= 11 is 1.04. The summed E-state index contributed by atoms with van der Waals surface area (Å²) in [4.78, 5) is 37.9. The van der Waals surface area contributed by atoms with Gasteiger partial charge in [-0.15, -0.1) is 0 Å². The molecule has 0 unspecified atom stereocenters. The number of rotatable bonds is 6. The van der Waals surface area contributed by atoms with Gasteiger partial charge in [0, 0.05) is 6.20 Å². The average molecular weight is 297 g/mol. The molecular formula is C12H15N3O4S. The van der Waals surface area contributed by atoms with Crippen LogP contribution in [0.3, 0.4) is 0 Å². The highest BCUT2D eigenvalue weighted by molar-refractivity contribution is 8.00. The van der Waals surface area contributed by atoms with Gasteiger partial charge in [0.1, 0.15) is 5.03 Å². The van der Waals surface area contributed by atoms with Crippen molar-refractivity contribution < 1.29 is 19.1 Å². The monoisotopic (exact) mass is 297 g/mol. The van der Waals surface area contributed by atoms with E-state index in [1.807, 2.05) is 0 Å². The van der Waals surface area contributed by atoms with Crippen LogP contribution >= 0.6 is 11.8 Å². The van der Waals surface area contributed by atoms with Crippen molar-refractivity contribution in [3.05, 3.63) is 23.9 Å². The fourth-order valence-corrected chi connectivity index (χ4v) is 2.00. The first kappa shape index (κ1) is 16.0. The predicted molar refractivity (Wildman–Crippen MR) is 72.8 cm³/mol. The van der Waals surface area contributed by atoms with Crippen LogP contribution in [0.5, 0.6) is 0 Å². The molecule has 0 spiro atoms. The number of primary amides is 2. The number of carbonyl (C=O) groups excluding carboxylic acids is 3. The molecule has 1 rings (SSSR count). The van der Waals surface area contributed by atoms with E-state index in [1.165, 1.54) is 19.2 Å². The number of pyridine rings is 1. The molecule has 7 nitrogen and oxygen atoms in total. The molecule has 20 heavy (non-hydrogen) atoms. The Hall–Kier alpha value is -2.09. The first-order chi connectivity index (χ1) is 9.32. The van der Waals surface area contributed by atoms with Crippen molar-refractivity contribution in [2.24, 2.45) is 11.5 Å². The van der Waals surface area contributed by atoms with Gasteiger partial charge in [-0.05, 0) is 26.0 Å². The van der Waals surface area contributed by atoms with Gasteiger partial charge >= 0.3 is 5.97 Å². The van der Waals surface area contributed by atoms with Crippen LogP contribution in [0.25, 0.3) is 0 Å². The zero-order chi connectivity index (χ0) is 15.3. The van der Waals surface area contributed by atoms with Crippen molar-refractivity contribution in [1.82, 2.24) is 4.98 Å². The molecule has 0 aromatic carbocycles. The zero-order valence-corrected chi connectivity index (χ0v) is 11.8. The van der Waals surface area contributed by atoms with Gasteiger partial charge < -0.3 is 16.2 Å². The van der Waals surface area contributed by atoms with Crippen LogP contribution in [0.1, 0.15) is 24.2 Å². The Balaban J connectivity index is 2.92. The van der Waals surface area contributed by atoms with Gasteiger partial charge in [0.15, 0.2) is 6.10 Å². The highest BCUT2D eigenvalue weighted by Gasteiger charge is 2.21. The quantitative estimate of drug-likeness (QED) is 0.565. The zero-order valence-electron chi connectivity index (χ0n) is 11.0. The van der Waals surface area contributed by atoms with Crippen LogP contribution < -0.4 is 11.5 Å². The maximum Gasteiger partial charge on any atom is 0.341 e. The summed E-state index contributed by atoms with van der Waals surface area (Å²) in [5.74, 6) is -2.00. The molecule has 0 saturated carbocycles. The van der Waals surface area contributed by atoms with E-state index >= 15 is 0 Å². The number of hydrogen-bond acceptors (Lipinski definition) is 6. The molecule has 1 heterocycles. The van der Waals surface area contributed by atoms with E-state index in [0.717, 1.165) is 11.8 Å². The lowest BCUT2D eigenvalue weighted by molar-refractivity contribution is -0.125. The van der Waals surface area contributed by atoms with E-state index in [2.05, 4.69) is 4.98 Å². The largest absolute Gasteiger partial charge is 0.449 e. The summed E-state index contributed by atoms with van der Waals surface area (Å²) in [5.41, 5.74) is 10.3. The van der Waals surface area contributed by atoms with Crippen LogP contribution in [0.4, 0.5) is 0 Å². The molecular weight excluding hydrogens is 282 g/mol. The number of nitrogens with zero attached hydrogens (tertiary/aromatic N) is 1. The van der Waals surface area contributed by atoms with Gasteiger partial charge in [0.25, 0.3) is 5.91 Å². The summed E-state index contributed by atoms with van der Waals surface area (Å²) in [6, 6.07) is 3.03. The Labute approximate surface area is 120 Å². The van der Waals surface area contributed by atoms with E-state index in [4.69, 9.17) is 16.2 Å². The molecule has 4 N–H and O–H groups in total. The van der Waals surface area contributed by atoms with Crippen LogP contribution in [0.15, 0.2) is 23.4 Å². The number of nitrogens with two attached hydrogens (primary N) is 2. The Morgan fingerprint density at radius 1 is 1.25 bits per heavy atom. The summed E-state index contributed by atoms with van der Waals surface area (Å²) < 4.78 is 4.90. The molecule has 0 bridgehead atoms. The minimum Gasteiger partial charge on any atom is -0.449 e. The van der Waals surface area contributed by atoms with Crippen LogP contribution in [-0.2, 0) is 14.3 Å². The molecule has 8 heteroatoms. The number of carbonyl (C=O) groups is 3. The standard InChI is InChI=1S/C12H15N3O4S/c1-6(9(13)16)19-12(18)8-4-3-5-15-11(8)20-7(2)10(14)17/h3-7H,1-2H3,(H2,13,16)(H2,14,17)/t6-,7-/m0/s1.